The fourth-order valence-corrected chi connectivity index (χ4v) is 4.70. The average molecular weight is 524 g/mol. The van der Waals surface area contributed by atoms with Gasteiger partial charge < -0.3 is 28.5 Å². The summed E-state index contributed by atoms with van der Waals surface area (Å²) >= 11 is 0. The molecule has 178 valence electrons. The Labute approximate surface area is 203 Å². The predicted octanol–water partition coefficient (Wildman–Crippen LogP) is 6.30. The van der Waals surface area contributed by atoms with Gasteiger partial charge >= 0.3 is 0 Å². The number of halogens is 1. The smallest absolute Gasteiger partial charge is 0.0786 e. The van der Waals surface area contributed by atoms with Gasteiger partial charge in [0.2, 0.25) is 0 Å². The first-order valence-electron chi connectivity index (χ1n) is 13.6. The quantitative estimate of drug-likeness (QED) is 0.0838. The van der Waals surface area contributed by atoms with E-state index in [1.165, 1.54) is 153 Å². The molecule has 0 aromatic heterocycles. The van der Waals surface area contributed by atoms with Gasteiger partial charge in [-0.25, -0.2) is 0 Å². The van der Waals surface area contributed by atoms with Crippen molar-refractivity contribution in [3.05, 3.63) is 0 Å². The number of hydrogen-bond donors (Lipinski definition) is 0. The first-order chi connectivity index (χ1) is 13.7. The van der Waals surface area contributed by atoms with E-state index < -0.39 is 0 Å². The lowest BCUT2D eigenvalue weighted by Gasteiger charge is -2.39. The molecule has 0 heterocycles. The van der Waals surface area contributed by atoms with Crippen molar-refractivity contribution in [2.24, 2.45) is 0 Å². The second kappa shape index (κ2) is 25.0. The highest BCUT2D eigenvalue weighted by atomic mass is 127. The molecule has 0 bridgehead atoms. The van der Waals surface area contributed by atoms with Crippen LogP contribution in [-0.2, 0) is 0 Å². The molecule has 0 fully saturated rings. The maximum absolute atomic E-state index is 2.35. The van der Waals surface area contributed by atoms with Crippen molar-refractivity contribution in [3.63, 3.8) is 0 Å². The van der Waals surface area contributed by atoms with Crippen LogP contribution in [0.1, 0.15) is 150 Å². The fraction of sp³-hybridized carbons (Fsp3) is 1.00. The number of unbranched alkanes of at least 4 members (excludes halogenated alkanes) is 15. The molecule has 0 saturated carbocycles. The first kappa shape index (κ1) is 31.9. The molecule has 0 saturated heterocycles. The van der Waals surface area contributed by atoms with E-state index in [0.717, 1.165) is 0 Å². The monoisotopic (exact) mass is 523 g/mol. The van der Waals surface area contributed by atoms with Crippen molar-refractivity contribution < 1.29 is 28.5 Å². The summed E-state index contributed by atoms with van der Waals surface area (Å²) in [7, 11) is 0. The van der Waals surface area contributed by atoms with Gasteiger partial charge in [-0.15, -0.1) is 0 Å². The molecule has 29 heavy (non-hydrogen) atoms. The van der Waals surface area contributed by atoms with E-state index in [2.05, 4.69) is 27.7 Å². The molecule has 0 aromatic carbocycles. The van der Waals surface area contributed by atoms with E-state index in [1.807, 2.05) is 0 Å². The minimum absolute atomic E-state index is 0. The van der Waals surface area contributed by atoms with Crippen LogP contribution in [0, 0.1) is 0 Å². The first-order valence-corrected chi connectivity index (χ1v) is 13.6. The van der Waals surface area contributed by atoms with Gasteiger partial charge in [-0.1, -0.05) is 98.3 Å². The standard InChI is InChI=1S/C27H58N.HI/c1-5-9-13-14-15-16-17-18-19-23-27-28(24-20-10-6-2,25-21-11-7-3)26-22-12-8-4;/h5-27H2,1-4H3;1H/q+1;/p-1. The number of quaternary nitrogens is 1. The maximum atomic E-state index is 2.35. The summed E-state index contributed by atoms with van der Waals surface area (Å²) in [5, 5.41) is 0. The Bertz CT molecular complexity index is 266. The van der Waals surface area contributed by atoms with Crippen LogP contribution < -0.4 is 24.0 Å². The van der Waals surface area contributed by atoms with E-state index in [9.17, 15) is 0 Å². The predicted molar refractivity (Wildman–Crippen MR) is 130 cm³/mol. The van der Waals surface area contributed by atoms with Crippen molar-refractivity contribution in [1.82, 2.24) is 0 Å². The molecule has 0 spiro atoms. The van der Waals surface area contributed by atoms with Gasteiger partial charge in [-0.3, -0.25) is 0 Å². The Morgan fingerprint density at radius 3 is 0.828 bits per heavy atom. The topological polar surface area (TPSA) is 0 Å². The SMILES string of the molecule is CCCCCCCCCCCC[N+](CCCCC)(CCCCC)CCCCC.[I-]. The molecule has 0 rings (SSSR count). The number of nitrogens with zero attached hydrogens (tertiary/aromatic N) is 1. The van der Waals surface area contributed by atoms with E-state index in [1.54, 1.807) is 0 Å². The van der Waals surface area contributed by atoms with Gasteiger partial charge in [0.1, 0.15) is 0 Å². The third kappa shape index (κ3) is 20.4. The summed E-state index contributed by atoms with van der Waals surface area (Å²) in [6.45, 7) is 15.2. The number of hydrogen-bond acceptors (Lipinski definition) is 0. The lowest BCUT2D eigenvalue weighted by atomic mass is 10.1. The van der Waals surface area contributed by atoms with Gasteiger partial charge in [0.15, 0.2) is 0 Å². The molecule has 0 aliphatic rings. The zero-order valence-corrected chi connectivity index (χ0v) is 23.2. The second-order valence-corrected chi connectivity index (χ2v) is 9.54. The van der Waals surface area contributed by atoms with E-state index in [-0.39, 0.29) is 24.0 Å². The van der Waals surface area contributed by atoms with Gasteiger partial charge in [0.25, 0.3) is 0 Å². The Balaban J connectivity index is 0. The van der Waals surface area contributed by atoms with Crippen LogP contribution in [0.2, 0.25) is 0 Å². The van der Waals surface area contributed by atoms with Gasteiger partial charge in [-0.2, -0.15) is 0 Å². The molecule has 0 amide bonds. The van der Waals surface area contributed by atoms with Crippen molar-refractivity contribution in [2.75, 3.05) is 26.2 Å². The van der Waals surface area contributed by atoms with Crippen molar-refractivity contribution in [2.45, 2.75) is 150 Å². The zero-order chi connectivity index (χ0) is 20.8. The van der Waals surface area contributed by atoms with Crippen LogP contribution in [0.25, 0.3) is 0 Å². The molecule has 0 atom stereocenters. The lowest BCUT2D eigenvalue weighted by Crippen LogP contribution is -3.00. The van der Waals surface area contributed by atoms with Crippen molar-refractivity contribution >= 4 is 0 Å². The summed E-state index contributed by atoms with van der Waals surface area (Å²) in [5.74, 6) is 0. The van der Waals surface area contributed by atoms with Crippen LogP contribution in [0.4, 0.5) is 0 Å². The summed E-state index contributed by atoms with van der Waals surface area (Å²) in [6.07, 6.45) is 27.3. The zero-order valence-electron chi connectivity index (χ0n) is 21.1. The molecule has 0 aliphatic heterocycles. The Kier molecular flexibility index (Phi) is 27.4. The molecule has 0 radical (unpaired) electrons. The second-order valence-electron chi connectivity index (χ2n) is 9.54. The van der Waals surface area contributed by atoms with E-state index in [0.29, 0.717) is 0 Å². The van der Waals surface area contributed by atoms with Crippen LogP contribution in [0.5, 0.6) is 0 Å². The lowest BCUT2D eigenvalue weighted by molar-refractivity contribution is -0.929. The average Bonchev–Trinajstić information content (AvgIpc) is 2.70. The van der Waals surface area contributed by atoms with Crippen LogP contribution >= 0.6 is 0 Å². The van der Waals surface area contributed by atoms with Gasteiger partial charge in [0, 0.05) is 0 Å². The molecule has 2 heteroatoms. The minimum atomic E-state index is 0. The molecule has 0 N–H and O–H groups in total. The van der Waals surface area contributed by atoms with E-state index >= 15 is 0 Å². The molecule has 1 nitrogen and oxygen atoms in total. The van der Waals surface area contributed by atoms with Crippen molar-refractivity contribution in [3.8, 4) is 0 Å². The Morgan fingerprint density at radius 1 is 0.310 bits per heavy atom. The summed E-state index contributed by atoms with van der Waals surface area (Å²) in [6, 6.07) is 0. The third-order valence-corrected chi connectivity index (χ3v) is 6.69. The summed E-state index contributed by atoms with van der Waals surface area (Å²) < 4.78 is 1.46. The van der Waals surface area contributed by atoms with E-state index in [4.69, 9.17) is 0 Å². The normalized spacial score (nSPS) is 11.6. The fourth-order valence-electron chi connectivity index (χ4n) is 4.70. The highest BCUT2D eigenvalue weighted by Crippen LogP contribution is 2.19. The molecule has 0 unspecified atom stereocenters. The molecular weight excluding hydrogens is 465 g/mol. The van der Waals surface area contributed by atoms with Crippen LogP contribution in [0.15, 0.2) is 0 Å². The van der Waals surface area contributed by atoms with Gasteiger partial charge in [-0.05, 0) is 51.4 Å². The summed E-state index contributed by atoms with van der Waals surface area (Å²) in [5.41, 5.74) is 0. The van der Waals surface area contributed by atoms with Crippen molar-refractivity contribution in [1.29, 1.82) is 0 Å². The highest BCUT2D eigenvalue weighted by molar-refractivity contribution is 4.53. The molecular formula is C27H58IN. The van der Waals surface area contributed by atoms with Crippen LogP contribution in [-0.4, -0.2) is 30.7 Å². The highest BCUT2D eigenvalue weighted by Gasteiger charge is 2.25. The summed E-state index contributed by atoms with van der Waals surface area (Å²) in [4.78, 5) is 0. The maximum Gasteiger partial charge on any atom is 0.0786 e. The van der Waals surface area contributed by atoms with Crippen LogP contribution in [0.3, 0.4) is 0 Å². The third-order valence-electron chi connectivity index (χ3n) is 6.69. The Hall–Kier alpha value is 0.690. The largest absolute Gasteiger partial charge is 1.00 e. The Morgan fingerprint density at radius 2 is 0.517 bits per heavy atom. The van der Waals surface area contributed by atoms with Gasteiger partial charge in [0.05, 0.1) is 26.2 Å². The number of rotatable bonds is 23. The minimum Gasteiger partial charge on any atom is -1.00 e. The molecule has 0 aliphatic carbocycles. The molecule has 0 aromatic rings.